The quantitative estimate of drug-likeness (QED) is 0.855. The number of rotatable bonds is 5. The van der Waals surface area contributed by atoms with Crippen LogP contribution in [0.5, 0.6) is 0 Å². The zero-order valence-corrected chi connectivity index (χ0v) is 12.8. The maximum absolute atomic E-state index is 12.6. The van der Waals surface area contributed by atoms with E-state index in [1.54, 1.807) is 0 Å². The molecule has 0 saturated carbocycles. The standard InChI is InChI=1S/C15H26N4O/c1-4-13-12(11-19(3)18-13)10-17-14(20)15(5-2)6-8-16-9-7-15/h11,16H,4-10H2,1-3H3,(H,17,20). The summed E-state index contributed by atoms with van der Waals surface area (Å²) >= 11 is 0. The van der Waals surface area contributed by atoms with Gasteiger partial charge < -0.3 is 10.6 Å². The van der Waals surface area contributed by atoms with Crippen LogP contribution in [0.4, 0.5) is 0 Å². The summed E-state index contributed by atoms with van der Waals surface area (Å²) in [5.41, 5.74) is 2.02. The van der Waals surface area contributed by atoms with Gasteiger partial charge in [-0.25, -0.2) is 0 Å². The van der Waals surface area contributed by atoms with Gasteiger partial charge in [0.25, 0.3) is 0 Å². The Bertz CT molecular complexity index is 460. The Morgan fingerprint density at radius 3 is 2.75 bits per heavy atom. The van der Waals surface area contributed by atoms with Crippen LogP contribution in [0, 0.1) is 5.41 Å². The van der Waals surface area contributed by atoms with Gasteiger partial charge in [0, 0.05) is 25.4 Å². The molecule has 1 amide bonds. The van der Waals surface area contributed by atoms with Crippen molar-refractivity contribution in [2.75, 3.05) is 13.1 Å². The summed E-state index contributed by atoms with van der Waals surface area (Å²) in [4.78, 5) is 12.6. The normalized spacial score (nSPS) is 17.9. The maximum Gasteiger partial charge on any atom is 0.226 e. The van der Waals surface area contributed by atoms with Crippen molar-refractivity contribution in [2.45, 2.75) is 46.1 Å². The van der Waals surface area contributed by atoms with Crippen LogP contribution in [0.1, 0.15) is 44.4 Å². The first-order valence-electron chi connectivity index (χ1n) is 7.61. The van der Waals surface area contributed by atoms with Crippen molar-refractivity contribution in [1.29, 1.82) is 0 Å². The van der Waals surface area contributed by atoms with Gasteiger partial charge in [-0.15, -0.1) is 0 Å². The van der Waals surface area contributed by atoms with Crippen LogP contribution >= 0.6 is 0 Å². The van der Waals surface area contributed by atoms with Crippen LogP contribution in [0.15, 0.2) is 6.20 Å². The highest BCUT2D eigenvalue weighted by Crippen LogP contribution is 2.32. The van der Waals surface area contributed by atoms with Crippen LogP contribution in [-0.4, -0.2) is 28.8 Å². The summed E-state index contributed by atoms with van der Waals surface area (Å²) < 4.78 is 1.82. The maximum atomic E-state index is 12.6. The van der Waals surface area contributed by atoms with E-state index in [-0.39, 0.29) is 11.3 Å². The lowest BCUT2D eigenvalue weighted by molar-refractivity contribution is -0.133. The lowest BCUT2D eigenvalue weighted by Crippen LogP contribution is -2.47. The number of aromatic nitrogens is 2. The molecule has 0 unspecified atom stereocenters. The third-order valence-electron chi connectivity index (χ3n) is 4.49. The third kappa shape index (κ3) is 3.03. The van der Waals surface area contributed by atoms with Crippen LogP contribution in [0.25, 0.3) is 0 Å². The summed E-state index contributed by atoms with van der Waals surface area (Å²) in [6.07, 6.45) is 5.68. The molecule has 2 rings (SSSR count). The molecule has 0 spiro atoms. The fourth-order valence-corrected chi connectivity index (χ4v) is 3.04. The van der Waals surface area contributed by atoms with Crippen molar-refractivity contribution < 1.29 is 4.79 Å². The number of amides is 1. The molecular formula is C15H26N4O. The largest absolute Gasteiger partial charge is 0.351 e. The monoisotopic (exact) mass is 278 g/mol. The predicted octanol–water partition coefficient (Wildman–Crippen LogP) is 1.38. The van der Waals surface area contributed by atoms with E-state index in [1.165, 1.54) is 0 Å². The van der Waals surface area contributed by atoms with Crippen LogP contribution in [-0.2, 0) is 24.8 Å². The number of nitrogens with one attached hydrogen (secondary N) is 2. The van der Waals surface area contributed by atoms with E-state index in [0.717, 1.165) is 50.0 Å². The Hall–Kier alpha value is -1.36. The van der Waals surface area contributed by atoms with E-state index in [0.29, 0.717) is 6.54 Å². The molecule has 0 bridgehead atoms. The Kier molecular flexibility index (Phi) is 4.81. The number of hydrogen-bond acceptors (Lipinski definition) is 3. The molecule has 0 aliphatic carbocycles. The van der Waals surface area contributed by atoms with Crippen molar-refractivity contribution in [3.63, 3.8) is 0 Å². The van der Waals surface area contributed by atoms with Crippen LogP contribution < -0.4 is 10.6 Å². The minimum atomic E-state index is -0.181. The van der Waals surface area contributed by atoms with E-state index in [4.69, 9.17) is 0 Å². The molecule has 2 heterocycles. The van der Waals surface area contributed by atoms with Gasteiger partial charge in [0.1, 0.15) is 0 Å². The Morgan fingerprint density at radius 1 is 1.45 bits per heavy atom. The van der Waals surface area contributed by atoms with Crippen LogP contribution in [0.3, 0.4) is 0 Å². The molecule has 1 fully saturated rings. The number of piperidine rings is 1. The van der Waals surface area contributed by atoms with Gasteiger partial charge in [0.05, 0.1) is 11.1 Å². The first kappa shape index (κ1) is 15.0. The highest BCUT2D eigenvalue weighted by molar-refractivity contribution is 5.82. The zero-order valence-electron chi connectivity index (χ0n) is 12.8. The van der Waals surface area contributed by atoms with E-state index in [9.17, 15) is 4.79 Å². The highest BCUT2D eigenvalue weighted by atomic mass is 16.2. The molecule has 5 nitrogen and oxygen atoms in total. The van der Waals surface area contributed by atoms with E-state index in [1.807, 2.05) is 17.9 Å². The molecule has 5 heteroatoms. The lowest BCUT2D eigenvalue weighted by atomic mass is 9.76. The first-order chi connectivity index (χ1) is 9.61. The first-order valence-corrected chi connectivity index (χ1v) is 7.61. The number of aryl methyl sites for hydroxylation is 2. The number of hydrogen-bond donors (Lipinski definition) is 2. The molecule has 0 aromatic carbocycles. The van der Waals surface area contributed by atoms with Gasteiger partial charge >= 0.3 is 0 Å². The molecule has 20 heavy (non-hydrogen) atoms. The third-order valence-corrected chi connectivity index (χ3v) is 4.49. The minimum Gasteiger partial charge on any atom is -0.351 e. The van der Waals surface area contributed by atoms with Crippen LogP contribution in [0.2, 0.25) is 0 Å². The summed E-state index contributed by atoms with van der Waals surface area (Å²) in [6, 6.07) is 0. The molecule has 112 valence electrons. The average molecular weight is 278 g/mol. The molecule has 1 aromatic rings. The van der Waals surface area contributed by atoms with Gasteiger partial charge in [-0.2, -0.15) is 5.10 Å². The van der Waals surface area contributed by atoms with Crippen molar-refractivity contribution in [2.24, 2.45) is 12.5 Å². The molecular weight excluding hydrogens is 252 g/mol. The van der Waals surface area contributed by atoms with Crippen molar-refractivity contribution in [3.05, 3.63) is 17.5 Å². The summed E-state index contributed by atoms with van der Waals surface area (Å²) in [6.45, 7) is 6.67. The smallest absolute Gasteiger partial charge is 0.226 e. The minimum absolute atomic E-state index is 0.181. The highest BCUT2D eigenvalue weighted by Gasteiger charge is 2.37. The molecule has 1 aromatic heterocycles. The molecule has 1 aliphatic rings. The second-order valence-electron chi connectivity index (χ2n) is 5.69. The number of nitrogens with zero attached hydrogens (tertiary/aromatic N) is 2. The van der Waals surface area contributed by atoms with Gasteiger partial charge in [-0.1, -0.05) is 13.8 Å². The lowest BCUT2D eigenvalue weighted by Gasteiger charge is -2.35. The molecule has 1 aliphatic heterocycles. The topological polar surface area (TPSA) is 59.0 Å². The summed E-state index contributed by atoms with van der Waals surface area (Å²) in [5.74, 6) is 0.201. The molecule has 0 radical (unpaired) electrons. The zero-order chi connectivity index (χ0) is 14.6. The van der Waals surface area contributed by atoms with E-state index < -0.39 is 0 Å². The van der Waals surface area contributed by atoms with Gasteiger partial charge in [0.2, 0.25) is 5.91 Å². The Morgan fingerprint density at radius 2 is 2.15 bits per heavy atom. The van der Waals surface area contributed by atoms with Gasteiger partial charge in [-0.3, -0.25) is 9.48 Å². The SMILES string of the molecule is CCc1nn(C)cc1CNC(=O)C1(CC)CCNCC1. The van der Waals surface area contributed by atoms with Gasteiger partial charge in [-0.05, 0) is 38.8 Å². The Labute approximate surface area is 121 Å². The summed E-state index contributed by atoms with van der Waals surface area (Å²) in [7, 11) is 1.92. The second kappa shape index (κ2) is 6.39. The Balaban J connectivity index is 2.00. The number of carbonyl (C=O) groups excluding carboxylic acids is 1. The fourth-order valence-electron chi connectivity index (χ4n) is 3.04. The fraction of sp³-hybridized carbons (Fsp3) is 0.733. The van der Waals surface area contributed by atoms with E-state index in [2.05, 4.69) is 29.6 Å². The summed E-state index contributed by atoms with van der Waals surface area (Å²) in [5, 5.41) is 10.9. The van der Waals surface area contributed by atoms with E-state index >= 15 is 0 Å². The van der Waals surface area contributed by atoms with Gasteiger partial charge in [0.15, 0.2) is 0 Å². The molecule has 2 N–H and O–H groups in total. The van der Waals surface area contributed by atoms with Crippen molar-refractivity contribution in [1.82, 2.24) is 20.4 Å². The second-order valence-corrected chi connectivity index (χ2v) is 5.69. The average Bonchev–Trinajstić information content (AvgIpc) is 2.85. The molecule has 0 atom stereocenters. The predicted molar refractivity (Wildman–Crippen MR) is 79.3 cm³/mol. The molecule has 1 saturated heterocycles. The van der Waals surface area contributed by atoms with Crippen molar-refractivity contribution in [3.8, 4) is 0 Å². The van der Waals surface area contributed by atoms with Crippen molar-refractivity contribution >= 4 is 5.91 Å². The number of carbonyl (C=O) groups is 1.